The van der Waals surface area contributed by atoms with Gasteiger partial charge in [-0.1, -0.05) is 18.2 Å². The first-order valence-electron chi connectivity index (χ1n) is 9.16. The van der Waals surface area contributed by atoms with Crippen LogP contribution in [0.15, 0.2) is 47.2 Å². The number of carbonyl (C=O) groups excluding carboxylic acids is 1. The number of benzene rings is 1. The standard InChI is InChI=1S/C21H25N3O2S2/c1-15(11-22-21(25)20-14-28-16(2)23-20)26-18-7-4-6-17(10-18)12-24(3)13-19-8-5-9-27-19/h4-10,14-15H,11-13H2,1-3H3,(H,22,25). The smallest absolute Gasteiger partial charge is 0.270 e. The number of hydrogen-bond acceptors (Lipinski definition) is 6. The highest BCUT2D eigenvalue weighted by Gasteiger charge is 2.12. The molecule has 0 saturated heterocycles. The molecule has 5 nitrogen and oxygen atoms in total. The summed E-state index contributed by atoms with van der Waals surface area (Å²) in [5.74, 6) is 0.650. The zero-order chi connectivity index (χ0) is 19.9. The fourth-order valence-corrected chi connectivity index (χ4v) is 4.20. The van der Waals surface area contributed by atoms with Crippen molar-refractivity contribution in [1.29, 1.82) is 0 Å². The minimum Gasteiger partial charge on any atom is -0.489 e. The van der Waals surface area contributed by atoms with Crippen molar-refractivity contribution < 1.29 is 9.53 Å². The van der Waals surface area contributed by atoms with E-state index in [1.54, 1.807) is 16.7 Å². The molecule has 1 N–H and O–H groups in total. The van der Waals surface area contributed by atoms with E-state index in [-0.39, 0.29) is 12.0 Å². The minimum atomic E-state index is -0.163. The lowest BCUT2D eigenvalue weighted by Crippen LogP contribution is -2.33. The molecule has 2 aromatic heterocycles. The van der Waals surface area contributed by atoms with Crippen molar-refractivity contribution in [3.63, 3.8) is 0 Å². The number of rotatable bonds is 9. The summed E-state index contributed by atoms with van der Waals surface area (Å²) in [6, 6.07) is 12.4. The predicted octanol–water partition coefficient (Wildman–Crippen LogP) is 4.34. The van der Waals surface area contributed by atoms with Crippen LogP contribution in [-0.4, -0.2) is 35.5 Å². The van der Waals surface area contributed by atoms with Crippen LogP contribution in [0.2, 0.25) is 0 Å². The molecular formula is C21H25N3O2S2. The number of carbonyl (C=O) groups is 1. The van der Waals surface area contributed by atoms with Gasteiger partial charge in [0.25, 0.3) is 5.91 Å². The molecule has 1 atom stereocenters. The second-order valence-corrected chi connectivity index (χ2v) is 8.88. The molecule has 28 heavy (non-hydrogen) atoms. The summed E-state index contributed by atoms with van der Waals surface area (Å²) >= 11 is 3.25. The molecule has 7 heteroatoms. The van der Waals surface area contributed by atoms with Gasteiger partial charge in [-0.3, -0.25) is 9.69 Å². The lowest BCUT2D eigenvalue weighted by Gasteiger charge is -2.18. The van der Waals surface area contributed by atoms with Crippen molar-refractivity contribution in [3.05, 3.63) is 68.3 Å². The summed E-state index contributed by atoms with van der Waals surface area (Å²) in [6.07, 6.45) is -0.136. The molecular weight excluding hydrogens is 390 g/mol. The number of ether oxygens (including phenoxy) is 1. The normalized spacial score (nSPS) is 12.1. The van der Waals surface area contributed by atoms with Gasteiger partial charge < -0.3 is 10.1 Å². The molecule has 0 aliphatic heterocycles. The first kappa shape index (κ1) is 20.5. The van der Waals surface area contributed by atoms with Crippen molar-refractivity contribution in [1.82, 2.24) is 15.2 Å². The molecule has 1 aromatic carbocycles. The quantitative estimate of drug-likeness (QED) is 0.565. The van der Waals surface area contributed by atoms with E-state index in [4.69, 9.17) is 4.74 Å². The summed E-state index contributed by atoms with van der Waals surface area (Å²) in [6.45, 7) is 6.04. The van der Waals surface area contributed by atoms with Crippen molar-refractivity contribution in [2.75, 3.05) is 13.6 Å². The molecule has 148 valence electrons. The van der Waals surface area contributed by atoms with Crippen LogP contribution in [-0.2, 0) is 13.1 Å². The predicted molar refractivity (Wildman–Crippen MR) is 115 cm³/mol. The van der Waals surface area contributed by atoms with Crippen LogP contribution in [0.1, 0.15) is 32.9 Å². The molecule has 0 spiro atoms. The molecule has 0 radical (unpaired) electrons. The Hall–Kier alpha value is -2.22. The van der Waals surface area contributed by atoms with E-state index >= 15 is 0 Å². The highest BCUT2D eigenvalue weighted by atomic mass is 32.1. The number of thiazole rings is 1. The average Bonchev–Trinajstić information content (AvgIpc) is 3.31. The Bertz CT molecular complexity index is 893. The maximum Gasteiger partial charge on any atom is 0.270 e. The van der Waals surface area contributed by atoms with E-state index in [0.717, 1.165) is 23.8 Å². The second kappa shape index (κ2) is 9.82. The van der Waals surface area contributed by atoms with Gasteiger partial charge in [-0.2, -0.15) is 0 Å². The van der Waals surface area contributed by atoms with E-state index in [1.807, 2.05) is 26.0 Å². The highest BCUT2D eigenvalue weighted by Crippen LogP contribution is 2.18. The molecule has 0 saturated carbocycles. The number of amides is 1. The Balaban J connectivity index is 1.48. The van der Waals surface area contributed by atoms with E-state index in [9.17, 15) is 4.79 Å². The molecule has 3 aromatic rings. The number of thiophene rings is 1. The van der Waals surface area contributed by atoms with Gasteiger partial charge in [0.05, 0.1) is 11.6 Å². The van der Waals surface area contributed by atoms with E-state index in [0.29, 0.717) is 12.2 Å². The van der Waals surface area contributed by atoms with Crippen molar-refractivity contribution in [2.24, 2.45) is 0 Å². The van der Waals surface area contributed by atoms with Crippen molar-refractivity contribution in [3.8, 4) is 5.75 Å². The van der Waals surface area contributed by atoms with Crippen LogP contribution in [0.3, 0.4) is 0 Å². The van der Waals surface area contributed by atoms with Crippen LogP contribution in [0.5, 0.6) is 5.75 Å². The third-order valence-electron chi connectivity index (χ3n) is 4.10. The zero-order valence-corrected chi connectivity index (χ0v) is 18.0. The number of nitrogens with zero attached hydrogens (tertiary/aromatic N) is 2. The van der Waals surface area contributed by atoms with Crippen LogP contribution < -0.4 is 10.1 Å². The number of aryl methyl sites for hydroxylation is 1. The number of hydrogen-bond donors (Lipinski definition) is 1. The van der Waals surface area contributed by atoms with Crippen molar-refractivity contribution in [2.45, 2.75) is 33.0 Å². The third kappa shape index (κ3) is 6.15. The van der Waals surface area contributed by atoms with Gasteiger partial charge in [0.15, 0.2) is 0 Å². The van der Waals surface area contributed by atoms with Gasteiger partial charge in [0.2, 0.25) is 0 Å². The van der Waals surface area contributed by atoms with E-state index in [1.165, 1.54) is 21.8 Å². The second-order valence-electron chi connectivity index (χ2n) is 6.79. The summed E-state index contributed by atoms with van der Waals surface area (Å²) in [5, 5.41) is 7.64. The van der Waals surface area contributed by atoms with Gasteiger partial charge >= 0.3 is 0 Å². The average molecular weight is 416 g/mol. The Morgan fingerprint density at radius 1 is 1.25 bits per heavy atom. The fourth-order valence-electron chi connectivity index (χ4n) is 2.82. The van der Waals surface area contributed by atoms with Gasteiger partial charge in [-0.15, -0.1) is 22.7 Å². The Labute approximate surface area is 174 Å². The first-order valence-corrected chi connectivity index (χ1v) is 10.9. The summed E-state index contributed by atoms with van der Waals surface area (Å²) in [4.78, 5) is 19.9. The van der Waals surface area contributed by atoms with Crippen LogP contribution in [0.25, 0.3) is 0 Å². The molecule has 2 heterocycles. The molecule has 0 aliphatic rings. The Kier molecular flexibility index (Phi) is 7.19. The Morgan fingerprint density at radius 2 is 2.11 bits per heavy atom. The topological polar surface area (TPSA) is 54.5 Å². The van der Waals surface area contributed by atoms with Crippen molar-refractivity contribution >= 4 is 28.6 Å². The summed E-state index contributed by atoms with van der Waals surface area (Å²) in [5.41, 5.74) is 1.66. The van der Waals surface area contributed by atoms with Crippen LogP contribution >= 0.6 is 22.7 Å². The molecule has 1 unspecified atom stereocenters. The molecule has 3 rings (SSSR count). The zero-order valence-electron chi connectivity index (χ0n) is 16.3. The number of aromatic nitrogens is 1. The van der Waals surface area contributed by atoms with Crippen LogP contribution in [0, 0.1) is 6.92 Å². The SMILES string of the molecule is Cc1nc(C(=O)NCC(C)Oc2cccc(CN(C)Cc3cccs3)c2)cs1. The summed E-state index contributed by atoms with van der Waals surface area (Å²) in [7, 11) is 2.12. The fraction of sp³-hybridized carbons (Fsp3) is 0.333. The number of nitrogens with one attached hydrogen (secondary N) is 1. The van der Waals surface area contributed by atoms with Gasteiger partial charge in [-0.25, -0.2) is 4.98 Å². The lowest BCUT2D eigenvalue weighted by molar-refractivity contribution is 0.0927. The third-order valence-corrected chi connectivity index (χ3v) is 5.73. The molecule has 0 fully saturated rings. The monoisotopic (exact) mass is 415 g/mol. The highest BCUT2D eigenvalue weighted by molar-refractivity contribution is 7.10. The molecule has 1 amide bonds. The maximum atomic E-state index is 12.1. The van der Waals surface area contributed by atoms with Gasteiger partial charge in [0.1, 0.15) is 17.5 Å². The first-order chi connectivity index (χ1) is 13.5. The minimum absolute atomic E-state index is 0.136. The van der Waals surface area contributed by atoms with Gasteiger partial charge in [-0.05, 0) is 50.0 Å². The van der Waals surface area contributed by atoms with Gasteiger partial charge in [0, 0.05) is 23.3 Å². The Morgan fingerprint density at radius 3 is 2.82 bits per heavy atom. The van der Waals surface area contributed by atoms with E-state index < -0.39 is 0 Å². The largest absolute Gasteiger partial charge is 0.489 e. The molecule has 0 aliphatic carbocycles. The van der Waals surface area contributed by atoms with E-state index in [2.05, 4.69) is 51.9 Å². The van der Waals surface area contributed by atoms with Crippen LogP contribution in [0.4, 0.5) is 0 Å². The maximum absolute atomic E-state index is 12.1. The lowest BCUT2D eigenvalue weighted by atomic mass is 10.2. The molecule has 0 bridgehead atoms. The summed E-state index contributed by atoms with van der Waals surface area (Å²) < 4.78 is 5.98.